The molecule has 0 spiro atoms. The third-order valence-electron chi connectivity index (χ3n) is 7.19. The van der Waals surface area contributed by atoms with Crippen LogP contribution in [0.1, 0.15) is 61.8 Å². The molecule has 1 aliphatic carbocycles. The number of carbonyl (C=O) groups excluding carboxylic acids is 1. The molecular weight excluding hydrogens is 518 g/mol. The molecule has 2 aromatic carbocycles. The van der Waals surface area contributed by atoms with E-state index in [0.29, 0.717) is 34.6 Å². The molecule has 3 aromatic heterocycles. The Morgan fingerprint density at radius 1 is 1.02 bits per heavy atom. The lowest BCUT2D eigenvalue weighted by molar-refractivity contribution is 0.102. The van der Waals surface area contributed by atoms with Gasteiger partial charge in [-0.25, -0.2) is 9.50 Å². The zero-order valence-electron chi connectivity index (χ0n) is 23.0. The second-order valence-electron chi connectivity index (χ2n) is 10.7. The summed E-state index contributed by atoms with van der Waals surface area (Å²) in [4.78, 5) is 22.5. The molecule has 5 aromatic rings. The third kappa shape index (κ3) is 5.90. The highest BCUT2D eigenvalue weighted by Crippen LogP contribution is 2.28. The maximum atomic E-state index is 13.5. The van der Waals surface area contributed by atoms with E-state index >= 15 is 0 Å². The average Bonchev–Trinajstić information content (AvgIpc) is 3.64. The lowest BCUT2D eigenvalue weighted by Crippen LogP contribution is -2.33. The van der Waals surface area contributed by atoms with Crippen molar-refractivity contribution in [1.82, 2.24) is 24.7 Å². The first-order chi connectivity index (χ1) is 19.9. The highest BCUT2D eigenvalue weighted by molar-refractivity contribution is 6.04. The van der Waals surface area contributed by atoms with Crippen molar-refractivity contribution < 1.29 is 9.32 Å². The van der Waals surface area contributed by atoms with Crippen molar-refractivity contribution in [3.05, 3.63) is 78.4 Å². The van der Waals surface area contributed by atoms with Gasteiger partial charge in [0.05, 0.1) is 11.9 Å². The Kier molecular flexibility index (Phi) is 7.34. The van der Waals surface area contributed by atoms with Gasteiger partial charge in [0.2, 0.25) is 11.7 Å². The van der Waals surface area contributed by atoms with E-state index in [1.807, 2.05) is 74.5 Å². The highest BCUT2D eigenvalue weighted by atomic mass is 16.5. The molecule has 11 nitrogen and oxygen atoms in total. The Morgan fingerprint density at radius 3 is 2.56 bits per heavy atom. The molecule has 0 unspecified atom stereocenters. The number of hydrogen-bond acceptors (Lipinski definition) is 9. The Balaban J connectivity index is 1.30. The van der Waals surface area contributed by atoms with Gasteiger partial charge >= 0.3 is 0 Å². The first kappa shape index (κ1) is 26.5. The van der Waals surface area contributed by atoms with Gasteiger partial charge in [0.15, 0.2) is 11.3 Å². The van der Waals surface area contributed by atoms with E-state index in [1.165, 1.54) is 6.20 Å². The molecule has 1 amide bonds. The first-order valence-corrected chi connectivity index (χ1v) is 13.9. The van der Waals surface area contributed by atoms with E-state index in [-0.39, 0.29) is 23.9 Å². The van der Waals surface area contributed by atoms with Gasteiger partial charge in [-0.15, -0.1) is 5.10 Å². The van der Waals surface area contributed by atoms with Gasteiger partial charge in [-0.2, -0.15) is 4.98 Å². The summed E-state index contributed by atoms with van der Waals surface area (Å²) in [5.41, 5.74) is 9.93. The summed E-state index contributed by atoms with van der Waals surface area (Å²) in [6, 6.07) is 19.6. The largest absolute Gasteiger partial charge is 0.366 e. The fourth-order valence-corrected chi connectivity index (χ4v) is 4.95. The van der Waals surface area contributed by atoms with Gasteiger partial charge in [0.1, 0.15) is 5.82 Å². The van der Waals surface area contributed by atoms with Gasteiger partial charge in [0, 0.05) is 41.0 Å². The number of aromatic nitrogens is 5. The number of amides is 1. The van der Waals surface area contributed by atoms with Crippen molar-refractivity contribution in [1.29, 1.82) is 0 Å². The summed E-state index contributed by atoms with van der Waals surface area (Å²) in [7, 11) is 0. The first-order valence-electron chi connectivity index (χ1n) is 13.9. The lowest BCUT2D eigenvalue weighted by Gasteiger charge is -2.27. The van der Waals surface area contributed by atoms with Gasteiger partial charge in [-0.3, -0.25) is 4.79 Å². The van der Waals surface area contributed by atoms with Crippen molar-refractivity contribution in [3.63, 3.8) is 0 Å². The van der Waals surface area contributed by atoms with Crippen LogP contribution in [-0.2, 0) is 0 Å². The second-order valence-corrected chi connectivity index (χ2v) is 10.7. The van der Waals surface area contributed by atoms with Crippen molar-refractivity contribution >= 4 is 34.4 Å². The molecule has 0 atom stereocenters. The number of anilines is 4. The zero-order chi connectivity index (χ0) is 28.3. The molecule has 1 aliphatic rings. The predicted molar refractivity (Wildman–Crippen MR) is 158 cm³/mol. The molecule has 0 aliphatic heterocycles. The number of fused-ring (bicyclic) bond motifs is 1. The Morgan fingerprint density at radius 2 is 1.80 bits per heavy atom. The lowest BCUT2D eigenvalue weighted by atomic mass is 9.92. The molecule has 5 N–H and O–H groups in total. The van der Waals surface area contributed by atoms with Crippen molar-refractivity contribution in [3.8, 4) is 11.4 Å². The molecule has 1 fully saturated rings. The quantitative estimate of drug-likeness (QED) is 0.194. The summed E-state index contributed by atoms with van der Waals surface area (Å²) < 4.78 is 6.93. The molecule has 1 saturated carbocycles. The topological polar surface area (TPSA) is 148 Å². The van der Waals surface area contributed by atoms with E-state index in [9.17, 15) is 4.79 Å². The smallest absolute Gasteiger partial charge is 0.276 e. The number of rotatable bonds is 8. The van der Waals surface area contributed by atoms with Crippen LogP contribution in [0.25, 0.3) is 17.0 Å². The Bertz CT molecular complexity index is 1650. The standard InChI is InChI=1S/C30H33N9O2/c1-18(2)30-36-27(38-41-30)19-7-6-10-23(15-19)35-29(40)25-17-32-28-24(33-21-8-4-3-5-9-21)16-26(37-39(25)28)34-22-13-11-20(31)12-14-22/h3-10,15-18,20,22,33H,11-14,31H2,1-2H3,(H,34,37)(H,35,40)/t20-,22-. The highest BCUT2D eigenvalue weighted by Gasteiger charge is 2.22. The number of hydrogen-bond donors (Lipinski definition) is 4. The number of imidazole rings is 1. The van der Waals surface area contributed by atoms with Crippen LogP contribution in [0.4, 0.5) is 22.9 Å². The summed E-state index contributed by atoms with van der Waals surface area (Å²) in [6.45, 7) is 3.98. The summed E-state index contributed by atoms with van der Waals surface area (Å²) in [5.74, 6) is 1.47. The maximum absolute atomic E-state index is 13.5. The van der Waals surface area contributed by atoms with Crippen LogP contribution in [0, 0.1) is 0 Å². The number of carbonyl (C=O) groups is 1. The van der Waals surface area contributed by atoms with E-state index in [1.54, 1.807) is 4.52 Å². The van der Waals surface area contributed by atoms with Crippen LogP contribution in [0.3, 0.4) is 0 Å². The predicted octanol–water partition coefficient (Wildman–Crippen LogP) is 5.58. The van der Waals surface area contributed by atoms with Crippen molar-refractivity contribution in [2.75, 3.05) is 16.0 Å². The third-order valence-corrected chi connectivity index (χ3v) is 7.19. The second kappa shape index (κ2) is 11.4. The maximum Gasteiger partial charge on any atom is 0.276 e. The number of nitrogens with zero attached hydrogens (tertiary/aromatic N) is 5. The number of benzene rings is 2. The van der Waals surface area contributed by atoms with Crippen molar-refractivity contribution in [2.24, 2.45) is 5.73 Å². The molecular formula is C30H33N9O2. The van der Waals surface area contributed by atoms with E-state index in [4.69, 9.17) is 15.4 Å². The summed E-state index contributed by atoms with van der Waals surface area (Å²) >= 11 is 0. The van der Waals surface area contributed by atoms with E-state index in [0.717, 1.165) is 42.6 Å². The van der Waals surface area contributed by atoms with Crippen LogP contribution >= 0.6 is 0 Å². The summed E-state index contributed by atoms with van der Waals surface area (Å²) in [5, 5.41) is 18.8. The minimum atomic E-state index is -0.343. The van der Waals surface area contributed by atoms with Crippen molar-refractivity contribution in [2.45, 2.75) is 57.5 Å². The molecule has 210 valence electrons. The fourth-order valence-electron chi connectivity index (χ4n) is 4.95. The van der Waals surface area contributed by atoms with E-state index < -0.39 is 0 Å². The number of para-hydroxylation sites is 1. The Hall–Kier alpha value is -4.77. The molecule has 6 rings (SSSR count). The van der Waals surface area contributed by atoms with Gasteiger partial charge in [0.25, 0.3) is 5.91 Å². The fraction of sp³-hybridized carbons (Fsp3) is 0.300. The monoisotopic (exact) mass is 551 g/mol. The minimum Gasteiger partial charge on any atom is -0.366 e. The van der Waals surface area contributed by atoms with Gasteiger partial charge < -0.3 is 26.2 Å². The van der Waals surface area contributed by atoms with Crippen LogP contribution in [0.5, 0.6) is 0 Å². The molecule has 0 saturated heterocycles. The summed E-state index contributed by atoms with van der Waals surface area (Å²) in [6.07, 6.45) is 5.41. The average molecular weight is 552 g/mol. The number of nitrogens with one attached hydrogen (secondary N) is 3. The number of nitrogens with two attached hydrogens (primary N) is 1. The van der Waals surface area contributed by atoms with Crippen LogP contribution in [0.15, 0.2) is 71.4 Å². The minimum absolute atomic E-state index is 0.123. The molecule has 0 bridgehead atoms. The SMILES string of the molecule is CC(C)c1nc(-c2cccc(NC(=O)c3cnc4c(Nc5ccccc5)cc(N[C@H]5CC[C@H](N)CC5)nn34)c2)no1. The molecule has 0 radical (unpaired) electrons. The van der Waals surface area contributed by atoms with E-state index in [2.05, 4.69) is 31.1 Å². The van der Waals surface area contributed by atoms with Gasteiger partial charge in [-0.1, -0.05) is 49.3 Å². The molecule has 41 heavy (non-hydrogen) atoms. The van der Waals surface area contributed by atoms with Crippen LogP contribution in [-0.4, -0.2) is 42.7 Å². The normalized spacial score (nSPS) is 17.1. The van der Waals surface area contributed by atoms with Gasteiger partial charge in [-0.05, 0) is 49.9 Å². The molecule has 3 heterocycles. The molecule has 11 heteroatoms. The van der Waals surface area contributed by atoms with Crippen LogP contribution in [0.2, 0.25) is 0 Å². The Labute approximate surface area is 237 Å². The van der Waals surface area contributed by atoms with Crippen LogP contribution < -0.4 is 21.7 Å². The zero-order valence-corrected chi connectivity index (χ0v) is 23.0.